The number of nitrogens with one attached hydrogen (secondary N) is 1. The normalized spacial score (nSPS) is 10.9. The minimum absolute atomic E-state index is 0.0342. The van der Waals surface area contributed by atoms with E-state index in [9.17, 15) is 13.6 Å². The Morgan fingerprint density at radius 1 is 1.67 bits per heavy atom. The van der Waals surface area contributed by atoms with Crippen LogP contribution in [-0.4, -0.2) is 42.4 Å². The molecule has 0 unspecified atom stereocenters. The first kappa shape index (κ1) is 14.4. The standard InChI is InChI=1S/C10H16F2N4O2/c1-18-4-2-3-14-10(17)9-7(13)5-16(15-9)6-8(11)12/h5,8H,2-4,6,13H2,1H3,(H,14,17). The van der Waals surface area contributed by atoms with Gasteiger partial charge in [-0.05, 0) is 6.42 Å². The fourth-order valence-corrected chi connectivity index (χ4v) is 1.35. The van der Waals surface area contributed by atoms with E-state index in [0.29, 0.717) is 19.6 Å². The Kier molecular flexibility index (Phi) is 5.50. The summed E-state index contributed by atoms with van der Waals surface area (Å²) >= 11 is 0. The highest BCUT2D eigenvalue weighted by Gasteiger charge is 2.15. The molecule has 0 aliphatic heterocycles. The fraction of sp³-hybridized carbons (Fsp3) is 0.600. The highest BCUT2D eigenvalue weighted by Crippen LogP contribution is 2.10. The molecule has 0 atom stereocenters. The first-order chi connectivity index (χ1) is 8.54. The van der Waals surface area contributed by atoms with Gasteiger partial charge in [-0.25, -0.2) is 8.78 Å². The molecule has 1 amide bonds. The van der Waals surface area contributed by atoms with Crippen LogP contribution in [0.2, 0.25) is 0 Å². The number of carbonyl (C=O) groups excluding carboxylic acids is 1. The van der Waals surface area contributed by atoms with Crippen molar-refractivity contribution in [2.75, 3.05) is 26.0 Å². The molecule has 1 aromatic heterocycles. The van der Waals surface area contributed by atoms with Gasteiger partial charge < -0.3 is 15.8 Å². The molecule has 6 nitrogen and oxygen atoms in total. The van der Waals surface area contributed by atoms with Crippen LogP contribution in [0.15, 0.2) is 6.20 Å². The molecule has 1 heterocycles. The molecular formula is C10H16F2N4O2. The van der Waals surface area contributed by atoms with Crippen molar-refractivity contribution < 1.29 is 18.3 Å². The van der Waals surface area contributed by atoms with Crippen LogP contribution in [0.3, 0.4) is 0 Å². The maximum absolute atomic E-state index is 12.1. The third kappa shape index (κ3) is 4.28. The lowest BCUT2D eigenvalue weighted by Crippen LogP contribution is -2.26. The minimum Gasteiger partial charge on any atom is -0.396 e. The Hall–Kier alpha value is -1.70. The van der Waals surface area contributed by atoms with E-state index in [1.165, 1.54) is 6.20 Å². The molecule has 102 valence electrons. The van der Waals surface area contributed by atoms with E-state index in [0.717, 1.165) is 4.68 Å². The van der Waals surface area contributed by atoms with Crippen LogP contribution in [0.25, 0.3) is 0 Å². The maximum atomic E-state index is 12.1. The second kappa shape index (κ2) is 6.90. The largest absolute Gasteiger partial charge is 0.396 e. The molecule has 3 N–H and O–H groups in total. The molecule has 0 radical (unpaired) electrons. The number of alkyl halides is 2. The summed E-state index contributed by atoms with van der Waals surface area (Å²) in [5.41, 5.74) is 5.58. The third-order valence-electron chi connectivity index (χ3n) is 2.14. The summed E-state index contributed by atoms with van der Waals surface area (Å²) in [6, 6.07) is 0. The lowest BCUT2D eigenvalue weighted by atomic mass is 10.3. The number of carbonyl (C=O) groups is 1. The highest BCUT2D eigenvalue weighted by atomic mass is 19.3. The Bertz CT molecular complexity index is 395. The smallest absolute Gasteiger partial charge is 0.273 e. The van der Waals surface area contributed by atoms with Crippen molar-refractivity contribution in [3.8, 4) is 0 Å². The zero-order valence-corrected chi connectivity index (χ0v) is 10.0. The third-order valence-corrected chi connectivity index (χ3v) is 2.14. The van der Waals surface area contributed by atoms with Gasteiger partial charge in [0.05, 0.1) is 5.69 Å². The van der Waals surface area contributed by atoms with Crippen LogP contribution in [0, 0.1) is 0 Å². The van der Waals surface area contributed by atoms with Crippen molar-refractivity contribution in [2.45, 2.75) is 19.4 Å². The van der Waals surface area contributed by atoms with Crippen LogP contribution in [-0.2, 0) is 11.3 Å². The molecule has 1 aromatic rings. The number of halogens is 2. The van der Waals surface area contributed by atoms with Crippen molar-refractivity contribution >= 4 is 11.6 Å². The van der Waals surface area contributed by atoms with Crippen LogP contribution < -0.4 is 11.1 Å². The van der Waals surface area contributed by atoms with Crippen LogP contribution in [0.5, 0.6) is 0 Å². The van der Waals surface area contributed by atoms with E-state index >= 15 is 0 Å². The topological polar surface area (TPSA) is 82.2 Å². The highest BCUT2D eigenvalue weighted by molar-refractivity contribution is 5.96. The molecule has 0 spiro atoms. The molecule has 0 aliphatic carbocycles. The Morgan fingerprint density at radius 3 is 3.00 bits per heavy atom. The van der Waals surface area contributed by atoms with Gasteiger partial charge >= 0.3 is 0 Å². The summed E-state index contributed by atoms with van der Waals surface area (Å²) < 4.78 is 30.1. The van der Waals surface area contributed by atoms with Gasteiger partial charge in [0.15, 0.2) is 5.69 Å². The molecule has 0 saturated carbocycles. The van der Waals surface area contributed by atoms with Gasteiger partial charge in [0, 0.05) is 26.5 Å². The molecule has 18 heavy (non-hydrogen) atoms. The number of nitrogen functional groups attached to an aromatic ring is 1. The number of ether oxygens (including phenoxy) is 1. The van der Waals surface area contributed by atoms with Crippen molar-refractivity contribution in [1.29, 1.82) is 0 Å². The quantitative estimate of drug-likeness (QED) is 0.701. The first-order valence-corrected chi connectivity index (χ1v) is 5.42. The lowest BCUT2D eigenvalue weighted by Gasteiger charge is -2.03. The zero-order valence-electron chi connectivity index (χ0n) is 10.0. The van der Waals surface area contributed by atoms with Gasteiger partial charge in [-0.15, -0.1) is 0 Å². The molecule has 0 aromatic carbocycles. The molecule has 0 aliphatic rings. The first-order valence-electron chi connectivity index (χ1n) is 5.42. The van der Waals surface area contributed by atoms with E-state index in [2.05, 4.69) is 10.4 Å². The van der Waals surface area contributed by atoms with Gasteiger partial charge in [0.2, 0.25) is 0 Å². The average Bonchev–Trinajstić information content (AvgIpc) is 2.64. The van der Waals surface area contributed by atoms with E-state index in [1.54, 1.807) is 7.11 Å². The predicted octanol–water partition coefficient (Wildman–Crippen LogP) is 0.497. The summed E-state index contributed by atoms with van der Waals surface area (Å²) in [4.78, 5) is 11.6. The van der Waals surface area contributed by atoms with E-state index in [4.69, 9.17) is 10.5 Å². The maximum Gasteiger partial charge on any atom is 0.273 e. The summed E-state index contributed by atoms with van der Waals surface area (Å²) in [7, 11) is 1.56. The van der Waals surface area contributed by atoms with Crippen molar-refractivity contribution in [3.63, 3.8) is 0 Å². The minimum atomic E-state index is -2.54. The molecule has 0 saturated heterocycles. The van der Waals surface area contributed by atoms with Gasteiger partial charge in [-0.1, -0.05) is 0 Å². The molecule has 8 heteroatoms. The molecular weight excluding hydrogens is 246 g/mol. The summed E-state index contributed by atoms with van der Waals surface area (Å²) in [5.74, 6) is -0.475. The van der Waals surface area contributed by atoms with Gasteiger partial charge in [-0.2, -0.15) is 5.10 Å². The van der Waals surface area contributed by atoms with E-state index < -0.39 is 18.9 Å². The average molecular weight is 262 g/mol. The number of anilines is 1. The second-order valence-electron chi connectivity index (χ2n) is 3.65. The summed E-state index contributed by atoms with van der Waals surface area (Å²) in [5, 5.41) is 6.30. The number of amides is 1. The van der Waals surface area contributed by atoms with Crippen LogP contribution in [0.4, 0.5) is 14.5 Å². The summed E-state index contributed by atoms with van der Waals surface area (Å²) in [6.45, 7) is 0.352. The number of hydrogen-bond donors (Lipinski definition) is 2. The van der Waals surface area contributed by atoms with Crippen molar-refractivity contribution in [3.05, 3.63) is 11.9 Å². The monoisotopic (exact) mass is 262 g/mol. The number of rotatable bonds is 7. The SMILES string of the molecule is COCCCNC(=O)c1nn(CC(F)F)cc1N. The number of methoxy groups -OCH3 is 1. The summed E-state index contributed by atoms with van der Waals surface area (Å²) in [6.07, 6.45) is -0.669. The fourth-order valence-electron chi connectivity index (χ4n) is 1.35. The van der Waals surface area contributed by atoms with Crippen molar-refractivity contribution in [2.24, 2.45) is 0 Å². The predicted molar refractivity (Wildman–Crippen MR) is 61.5 cm³/mol. The van der Waals surface area contributed by atoms with E-state index in [-0.39, 0.29) is 11.4 Å². The molecule has 1 rings (SSSR count). The van der Waals surface area contributed by atoms with Crippen molar-refractivity contribution in [1.82, 2.24) is 15.1 Å². The lowest BCUT2D eigenvalue weighted by molar-refractivity contribution is 0.0938. The van der Waals surface area contributed by atoms with Gasteiger partial charge in [0.25, 0.3) is 12.3 Å². The Balaban J connectivity index is 2.54. The number of nitrogens with zero attached hydrogens (tertiary/aromatic N) is 2. The van der Waals surface area contributed by atoms with Crippen LogP contribution >= 0.6 is 0 Å². The number of hydrogen-bond acceptors (Lipinski definition) is 4. The number of nitrogens with two attached hydrogens (primary N) is 1. The Labute approximate surface area is 103 Å². The number of aromatic nitrogens is 2. The zero-order chi connectivity index (χ0) is 13.5. The van der Waals surface area contributed by atoms with Gasteiger partial charge in [0.1, 0.15) is 6.54 Å². The second-order valence-corrected chi connectivity index (χ2v) is 3.65. The molecule has 0 fully saturated rings. The molecule has 0 bridgehead atoms. The Morgan fingerprint density at radius 2 is 2.39 bits per heavy atom. The van der Waals surface area contributed by atoms with E-state index in [1.807, 2.05) is 0 Å². The van der Waals surface area contributed by atoms with Crippen LogP contribution in [0.1, 0.15) is 16.9 Å². The van der Waals surface area contributed by atoms with Gasteiger partial charge in [-0.3, -0.25) is 9.48 Å².